The van der Waals surface area contributed by atoms with Gasteiger partial charge >= 0.3 is 0 Å². The summed E-state index contributed by atoms with van der Waals surface area (Å²) < 4.78 is 0. The molecular formula is C29H52. The van der Waals surface area contributed by atoms with Crippen LogP contribution in [0.3, 0.4) is 0 Å². The fraction of sp³-hybridized carbons (Fsp3) is 1.00. The largest absolute Gasteiger partial charge is 0.0654 e. The quantitative estimate of drug-likeness (QED) is 0.431. The van der Waals surface area contributed by atoms with Crippen LogP contribution < -0.4 is 0 Å². The fourth-order valence-corrected chi connectivity index (χ4v) is 10.4. The van der Waals surface area contributed by atoms with Crippen molar-refractivity contribution in [2.45, 2.75) is 126 Å². The average Bonchev–Trinajstić information content (AvgIpc) is 3.04. The lowest BCUT2D eigenvalue weighted by Crippen LogP contribution is -2.57. The lowest BCUT2D eigenvalue weighted by Gasteiger charge is -2.65. The Labute approximate surface area is 183 Å². The summed E-state index contributed by atoms with van der Waals surface area (Å²) in [5, 5.41) is 0. The van der Waals surface area contributed by atoms with Crippen LogP contribution in [0.25, 0.3) is 0 Å². The lowest BCUT2D eigenvalue weighted by molar-refractivity contribution is -0.160. The molecule has 4 aliphatic rings. The molecule has 0 aromatic carbocycles. The average molecular weight is 401 g/mol. The molecule has 0 aliphatic heterocycles. The molecule has 0 saturated heterocycles. The zero-order valence-electron chi connectivity index (χ0n) is 21.0. The molecule has 0 nitrogen and oxygen atoms in total. The van der Waals surface area contributed by atoms with Crippen molar-refractivity contribution in [3.63, 3.8) is 0 Å². The Kier molecular flexibility index (Phi) is 6.01. The number of fused-ring (bicyclic) bond motifs is 5. The van der Waals surface area contributed by atoms with E-state index in [0.29, 0.717) is 16.2 Å². The minimum Gasteiger partial charge on any atom is -0.0654 e. The van der Waals surface area contributed by atoms with Gasteiger partial charge in [-0.1, -0.05) is 67.7 Å². The van der Waals surface area contributed by atoms with Crippen molar-refractivity contribution >= 4 is 0 Å². The molecule has 0 amide bonds. The maximum Gasteiger partial charge on any atom is -0.0261 e. The summed E-state index contributed by atoms with van der Waals surface area (Å²) in [5.74, 6) is 7.05. The predicted octanol–water partition coefficient (Wildman–Crippen LogP) is 9.13. The normalized spacial score (nSPS) is 53.1. The molecule has 0 spiro atoms. The van der Waals surface area contributed by atoms with E-state index in [9.17, 15) is 0 Å². The van der Waals surface area contributed by atoms with Crippen molar-refractivity contribution in [3.8, 4) is 0 Å². The first-order valence-electron chi connectivity index (χ1n) is 13.7. The maximum absolute atomic E-state index is 2.78. The second kappa shape index (κ2) is 7.85. The van der Waals surface area contributed by atoms with Gasteiger partial charge in [0.1, 0.15) is 0 Å². The van der Waals surface area contributed by atoms with Crippen LogP contribution in [0.15, 0.2) is 0 Å². The van der Waals surface area contributed by atoms with Gasteiger partial charge in [0.05, 0.1) is 0 Å². The monoisotopic (exact) mass is 400 g/mol. The van der Waals surface area contributed by atoms with Crippen molar-refractivity contribution in [3.05, 3.63) is 0 Å². The summed E-state index contributed by atoms with van der Waals surface area (Å²) in [6.07, 6.45) is 18.0. The first kappa shape index (κ1) is 22.2. The molecule has 4 aliphatic carbocycles. The van der Waals surface area contributed by atoms with E-state index in [2.05, 4.69) is 48.5 Å². The first-order chi connectivity index (χ1) is 13.7. The molecule has 0 bridgehead atoms. The summed E-state index contributed by atoms with van der Waals surface area (Å²) in [4.78, 5) is 0. The van der Waals surface area contributed by atoms with Crippen LogP contribution in [-0.2, 0) is 0 Å². The van der Waals surface area contributed by atoms with Crippen LogP contribution in [0, 0.1) is 57.7 Å². The van der Waals surface area contributed by atoms with Gasteiger partial charge in [0.2, 0.25) is 0 Å². The highest BCUT2D eigenvalue weighted by atomic mass is 14.7. The Morgan fingerprint density at radius 3 is 2.28 bits per heavy atom. The molecule has 0 heterocycles. The van der Waals surface area contributed by atoms with Crippen LogP contribution in [0.5, 0.6) is 0 Å². The Balaban J connectivity index is 1.63. The minimum atomic E-state index is 0.645. The van der Waals surface area contributed by atoms with E-state index in [4.69, 9.17) is 0 Å². The van der Waals surface area contributed by atoms with E-state index in [1.807, 2.05) is 0 Å². The molecule has 0 aromatic rings. The molecule has 4 fully saturated rings. The van der Waals surface area contributed by atoms with Gasteiger partial charge in [-0.05, 0) is 115 Å². The van der Waals surface area contributed by atoms with Gasteiger partial charge in [-0.3, -0.25) is 0 Å². The Morgan fingerprint density at radius 1 is 0.862 bits per heavy atom. The summed E-state index contributed by atoms with van der Waals surface area (Å²) in [7, 11) is 0. The fourth-order valence-electron chi connectivity index (χ4n) is 10.4. The standard InChI is InChI=1S/C29H52/c1-8-15-27(5)16-17-28(6)22(19-27)11-12-23-25-14-13-24(20(4)9-2)29(25,7)18-21(10-3)26(23)28/h20-26H,8-19H2,1-7H3/t20-,21+,22-,23?,24-,25+,26+,27+,28+,29-/m1/s1. The van der Waals surface area contributed by atoms with Crippen LogP contribution >= 0.6 is 0 Å². The molecular weight excluding hydrogens is 348 g/mol. The van der Waals surface area contributed by atoms with Crippen molar-refractivity contribution in [1.82, 2.24) is 0 Å². The summed E-state index contributed by atoms with van der Waals surface area (Å²) in [6, 6.07) is 0. The Hall–Kier alpha value is 0. The predicted molar refractivity (Wildman–Crippen MR) is 127 cm³/mol. The molecule has 29 heavy (non-hydrogen) atoms. The van der Waals surface area contributed by atoms with Crippen molar-refractivity contribution in [2.75, 3.05) is 0 Å². The van der Waals surface area contributed by atoms with Crippen molar-refractivity contribution in [1.29, 1.82) is 0 Å². The summed E-state index contributed by atoms with van der Waals surface area (Å²) in [5.41, 5.74) is 1.93. The van der Waals surface area contributed by atoms with E-state index in [-0.39, 0.29) is 0 Å². The third-order valence-corrected chi connectivity index (χ3v) is 11.9. The highest BCUT2D eigenvalue weighted by Gasteiger charge is 2.63. The molecule has 0 heteroatoms. The third kappa shape index (κ3) is 3.36. The van der Waals surface area contributed by atoms with Gasteiger partial charge in [-0.2, -0.15) is 0 Å². The van der Waals surface area contributed by atoms with Gasteiger partial charge in [0, 0.05) is 0 Å². The zero-order chi connectivity index (χ0) is 21.0. The molecule has 10 atom stereocenters. The van der Waals surface area contributed by atoms with Gasteiger partial charge in [0.15, 0.2) is 0 Å². The molecule has 1 unspecified atom stereocenters. The van der Waals surface area contributed by atoms with Crippen LogP contribution in [0.2, 0.25) is 0 Å². The minimum absolute atomic E-state index is 0.645. The number of hydrogen-bond donors (Lipinski definition) is 0. The third-order valence-electron chi connectivity index (χ3n) is 11.9. The van der Waals surface area contributed by atoms with Crippen LogP contribution in [0.1, 0.15) is 126 Å². The Bertz CT molecular complexity index is 579. The molecule has 4 saturated carbocycles. The van der Waals surface area contributed by atoms with Gasteiger partial charge in [-0.25, -0.2) is 0 Å². The van der Waals surface area contributed by atoms with Crippen molar-refractivity contribution in [2.24, 2.45) is 57.7 Å². The first-order valence-corrected chi connectivity index (χ1v) is 13.7. The maximum atomic E-state index is 2.78. The molecule has 168 valence electrons. The number of rotatable bonds is 5. The zero-order valence-corrected chi connectivity index (χ0v) is 21.0. The number of hydrogen-bond acceptors (Lipinski definition) is 0. The second-order valence-corrected chi connectivity index (χ2v) is 13.3. The topological polar surface area (TPSA) is 0 Å². The van der Waals surface area contributed by atoms with Gasteiger partial charge in [0.25, 0.3) is 0 Å². The highest BCUT2D eigenvalue weighted by Crippen LogP contribution is 2.71. The van der Waals surface area contributed by atoms with Gasteiger partial charge in [-0.15, -0.1) is 0 Å². The molecule has 4 rings (SSSR count). The Morgan fingerprint density at radius 2 is 1.62 bits per heavy atom. The van der Waals surface area contributed by atoms with Crippen LogP contribution in [-0.4, -0.2) is 0 Å². The second-order valence-electron chi connectivity index (χ2n) is 13.3. The smallest absolute Gasteiger partial charge is 0.0261 e. The summed E-state index contributed by atoms with van der Waals surface area (Å²) in [6.45, 7) is 18.1. The van der Waals surface area contributed by atoms with E-state index >= 15 is 0 Å². The van der Waals surface area contributed by atoms with Crippen LogP contribution in [0.4, 0.5) is 0 Å². The van der Waals surface area contributed by atoms with Gasteiger partial charge < -0.3 is 0 Å². The molecule has 0 N–H and O–H groups in total. The van der Waals surface area contributed by atoms with E-state index in [1.54, 1.807) is 25.7 Å². The molecule has 0 radical (unpaired) electrons. The SMILES string of the molecule is CCC[C@@]1(C)CC[C@@]2(C)[C@H](CCC3[C@@H]2[C@@H](CC)C[C@]2(C)[C@@H]([C@H](C)CC)CC[C@@H]32)C1. The van der Waals surface area contributed by atoms with E-state index in [1.165, 1.54) is 51.4 Å². The summed E-state index contributed by atoms with van der Waals surface area (Å²) >= 11 is 0. The molecule has 0 aromatic heterocycles. The van der Waals surface area contributed by atoms with Crippen molar-refractivity contribution < 1.29 is 0 Å². The highest BCUT2D eigenvalue weighted by molar-refractivity contribution is 5.12. The van der Waals surface area contributed by atoms with E-state index in [0.717, 1.165) is 41.4 Å². The van der Waals surface area contributed by atoms with E-state index < -0.39 is 0 Å². The lowest BCUT2D eigenvalue weighted by atomic mass is 9.40.